The number of carbonyl (C=O) groups excluding carboxylic acids is 1. The van der Waals surface area contributed by atoms with Gasteiger partial charge in [-0.1, -0.05) is 24.3 Å². The smallest absolute Gasteiger partial charge is 0.293 e. The fourth-order valence-electron chi connectivity index (χ4n) is 3.59. The first-order chi connectivity index (χ1) is 15.0. The monoisotopic (exact) mass is 425 g/mol. The third kappa shape index (κ3) is 4.66. The van der Waals surface area contributed by atoms with Gasteiger partial charge in [-0.25, -0.2) is 14.1 Å². The SMILES string of the molecule is COc1ccc([C@@H](O)Cn2cnc(C(=O)N3CCN(c4ccccc4F)CC3)n2)cc1. The van der Waals surface area contributed by atoms with Crippen LogP contribution in [-0.4, -0.2) is 64.0 Å². The lowest BCUT2D eigenvalue weighted by molar-refractivity contribution is 0.0732. The molecule has 3 aromatic rings. The van der Waals surface area contributed by atoms with Crippen LogP contribution < -0.4 is 9.64 Å². The van der Waals surface area contributed by atoms with Crippen LogP contribution in [-0.2, 0) is 6.54 Å². The number of halogens is 1. The highest BCUT2D eigenvalue weighted by molar-refractivity contribution is 5.90. The summed E-state index contributed by atoms with van der Waals surface area (Å²) in [5.74, 6) is 0.255. The molecule has 1 saturated heterocycles. The summed E-state index contributed by atoms with van der Waals surface area (Å²) in [6.07, 6.45) is 0.648. The Morgan fingerprint density at radius 1 is 1.13 bits per heavy atom. The van der Waals surface area contributed by atoms with Crippen LogP contribution in [0.4, 0.5) is 10.1 Å². The van der Waals surface area contributed by atoms with Gasteiger partial charge < -0.3 is 19.6 Å². The number of amides is 1. The number of para-hydroxylation sites is 1. The number of ether oxygens (including phenoxy) is 1. The van der Waals surface area contributed by atoms with Gasteiger partial charge in [-0.2, -0.15) is 0 Å². The van der Waals surface area contributed by atoms with Gasteiger partial charge in [0.05, 0.1) is 25.4 Å². The Bertz CT molecular complexity index is 1030. The highest BCUT2D eigenvalue weighted by atomic mass is 19.1. The number of aromatic nitrogens is 3. The average molecular weight is 425 g/mol. The van der Waals surface area contributed by atoms with Crippen LogP contribution in [0.25, 0.3) is 0 Å². The first-order valence-corrected chi connectivity index (χ1v) is 10.1. The van der Waals surface area contributed by atoms with E-state index in [2.05, 4.69) is 10.1 Å². The van der Waals surface area contributed by atoms with Gasteiger partial charge in [0.1, 0.15) is 17.9 Å². The van der Waals surface area contributed by atoms with E-state index < -0.39 is 6.10 Å². The van der Waals surface area contributed by atoms with E-state index in [0.29, 0.717) is 43.2 Å². The Labute approximate surface area is 179 Å². The molecule has 1 amide bonds. The van der Waals surface area contributed by atoms with Crippen LogP contribution in [0.15, 0.2) is 54.9 Å². The largest absolute Gasteiger partial charge is 0.497 e. The van der Waals surface area contributed by atoms with E-state index in [4.69, 9.17) is 4.74 Å². The molecule has 8 nitrogen and oxygen atoms in total. The van der Waals surface area contributed by atoms with Crippen molar-refractivity contribution in [3.8, 4) is 5.75 Å². The average Bonchev–Trinajstić information content (AvgIpc) is 3.27. The van der Waals surface area contributed by atoms with E-state index in [0.717, 1.165) is 0 Å². The molecule has 1 N–H and O–H groups in total. The summed E-state index contributed by atoms with van der Waals surface area (Å²) < 4.78 is 20.6. The second kappa shape index (κ2) is 9.13. The molecule has 162 valence electrons. The molecular weight excluding hydrogens is 401 g/mol. The predicted octanol–water partition coefficient (Wildman–Crippen LogP) is 2.12. The zero-order valence-electron chi connectivity index (χ0n) is 17.2. The van der Waals surface area contributed by atoms with Gasteiger partial charge in [-0.05, 0) is 29.8 Å². The Hall–Kier alpha value is -3.46. The molecule has 0 aliphatic carbocycles. The lowest BCUT2D eigenvalue weighted by Crippen LogP contribution is -2.49. The summed E-state index contributed by atoms with van der Waals surface area (Å²) in [6.45, 7) is 2.15. The van der Waals surface area contributed by atoms with Crippen molar-refractivity contribution in [2.24, 2.45) is 0 Å². The van der Waals surface area contributed by atoms with E-state index >= 15 is 0 Å². The molecule has 1 aromatic heterocycles. The molecule has 4 rings (SSSR count). The van der Waals surface area contributed by atoms with Crippen molar-refractivity contribution in [2.75, 3.05) is 38.2 Å². The quantitative estimate of drug-likeness (QED) is 0.651. The number of hydrogen-bond donors (Lipinski definition) is 1. The zero-order valence-corrected chi connectivity index (χ0v) is 17.2. The van der Waals surface area contributed by atoms with Crippen LogP contribution in [0, 0.1) is 5.82 Å². The molecule has 0 bridgehead atoms. The van der Waals surface area contributed by atoms with Gasteiger partial charge in [-0.3, -0.25) is 4.79 Å². The molecule has 9 heteroatoms. The van der Waals surface area contributed by atoms with Crippen molar-refractivity contribution in [2.45, 2.75) is 12.6 Å². The molecule has 0 radical (unpaired) electrons. The summed E-state index contributed by atoms with van der Waals surface area (Å²) in [4.78, 5) is 20.5. The van der Waals surface area contributed by atoms with Gasteiger partial charge in [-0.15, -0.1) is 5.10 Å². The highest BCUT2D eigenvalue weighted by Crippen LogP contribution is 2.21. The highest BCUT2D eigenvalue weighted by Gasteiger charge is 2.26. The number of aliphatic hydroxyl groups excluding tert-OH is 1. The summed E-state index contributed by atoms with van der Waals surface area (Å²) in [7, 11) is 1.58. The van der Waals surface area contributed by atoms with Crippen molar-refractivity contribution >= 4 is 11.6 Å². The number of carbonyl (C=O) groups is 1. The van der Waals surface area contributed by atoms with Crippen LogP contribution in [0.3, 0.4) is 0 Å². The predicted molar refractivity (Wildman–Crippen MR) is 112 cm³/mol. The van der Waals surface area contributed by atoms with Crippen LogP contribution in [0.1, 0.15) is 22.3 Å². The van der Waals surface area contributed by atoms with Gasteiger partial charge in [0.25, 0.3) is 5.91 Å². The van der Waals surface area contributed by atoms with E-state index in [1.54, 1.807) is 54.5 Å². The maximum absolute atomic E-state index is 14.0. The van der Waals surface area contributed by atoms with Crippen molar-refractivity contribution in [3.05, 3.63) is 72.1 Å². The van der Waals surface area contributed by atoms with Crippen molar-refractivity contribution in [1.82, 2.24) is 19.7 Å². The molecule has 1 fully saturated rings. The number of benzene rings is 2. The minimum Gasteiger partial charge on any atom is -0.497 e. The zero-order chi connectivity index (χ0) is 21.8. The summed E-state index contributed by atoms with van der Waals surface area (Å²) in [5, 5.41) is 14.7. The number of rotatable bonds is 6. The van der Waals surface area contributed by atoms with Crippen LogP contribution in [0.2, 0.25) is 0 Å². The molecule has 2 aromatic carbocycles. The third-order valence-corrected chi connectivity index (χ3v) is 5.35. The number of methoxy groups -OCH3 is 1. The van der Waals surface area contributed by atoms with Gasteiger partial charge >= 0.3 is 0 Å². The van der Waals surface area contributed by atoms with Crippen molar-refractivity contribution < 1.29 is 19.0 Å². The van der Waals surface area contributed by atoms with Crippen LogP contribution in [0.5, 0.6) is 5.75 Å². The Morgan fingerprint density at radius 2 is 1.84 bits per heavy atom. The van der Waals surface area contributed by atoms with E-state index in [-0.39, 0.29) is 24.1 Å². The summed E-state index contributed by atoms with van der Waals surface area (Å²) >= 11 is 0. The second-order valence-corrected chi connectivity index (χ2v) is 7.31. The molecule has 2 heterocycles. The molecule has 1 atom stereocenters. The number of aliphatic hydroxyl groups is 1. The topological polar surface area (TPSA) is 83.7 Å². The molecule has 1 aliphatic heterocycles. The van der Waals surface area contributed by atoms with E-state index in [9.17, 15) is 14.3 Å². The Kier molecular flexibility index (Phi) is 6.13. The number of hydrogen-bond acceptors (Lipinski definition) is 6. The normalized spacial score (nSPS) is 15.1. The van der Waals surface area contributed by atoms with Gasteiger partial charge in [0.15, 0.2) is 0 Å². The molecule has 0 unspecified atom stereocenters. The number of anilines is 1. The van der Waals surface area contributed by atoms with Gasteiger partial charge in [0.2, 0.25) is 5.82 Å². The summed E-state index contributed by atoms with van der Waals surface area (Å²) in [6, 6.07) is 13.7. The van der Waals surface area contributed by atoms with Crippen molar-refractivity contribution in [3.63, 3.8) is 0 Å². The standard InChI is InChI=1S/C22H24FN5O3/c1-31-17-8-6-16(7-9-17)20(29)14-28-15-24-21(25-28)22(30)27-12-10-26(11-13-27)19-5-3-2-4-18(19)23/h2-9,15,20,29H,10-14H2,1H3/t20-/m0/s1. The second-order valence-electron chi connectivity index (χ2n) is 7.31. The molecule has 31 heavy (non-hydrogen) atoms. The molecule has 0 spiro atoms. The maximum atomic E-state index is 14.0. The van der Waals surface area contributed by atoms with Gasteiger partial charge in [0, 0.05) is 26.2 Å². The van der Waals surface area contributed by atoms with E-state index in [1.807, 2.05) is 4.90 Å². The number of nitrogens with zero attached hydrogens (tertiary/aromatic N) is 5. The fraction of sp³-hybridized carbons (Fsp3) is 0.318. The summed E-state index contributed by atoms with van der Waals surface area (Å²) in [5.41, 5.74) is 1.26. The number of piperazine rings is 1. The third-order valence-electron chi connectivity index (χ3n) is 5.35. The first-order valence-electron chi connectivity index (χ1n) is 10.1. The minimum atomic E-state index is -0.792. The molecule has 0 saturated carbocycles. The molecule has 1 aliphatic rings. The Balaban J connectivity index is 1.34. The fourth-order valence-corrected chi connectivity index (χ4v) is 3.59. The van der Waals surface area contributed by atoms with E-state index in [1.165, 1.54) is 17.1 Å². The lowest BCUT2D eigenvalue weighted by atomic mass is 10.1. The first kappa shape index (κ1) is 20.8. The van der Waals surface area contributed by atoms with Crippen LogP contribution >= 0.6 is 0 Å². The lowest BCUT2D eigenvalue weighted by Gasteiger charge is -2.35. The Morgan fingerprint density at radius 3 is 2.52 bits per heavy atom. The van der Waals surface area contributed by atoms with Crippen molar-refractivity contribution in [1.29, 1.82) is 0 Å². The maximum Gasteiger partial charge on any atom is 0.293 e. The molecular formula is C22H24FN5O3. The minimum absolute atomic E-state index is 0.0845.